The number of nitrogens with one attached hydrogen (secondary N) is 1. The van der Waals surface area contributed by atoms with Gasteiger partial charge in [-0.25, -0.2) is 4.98 Å². The first kappa shape index (κ1) is 26.0. The number of ether oxygens (including phenoxy) is 2. The molecule has 1 aromatic carbocycles. The number of anilines is 2. The van der Waals surface area contributed by atoms with Crippen LogP contribution in [0.4, 0.5) is 11.5 Å². The molecule has 3 fully saturated rings. The number of benzene rings is 1. The number of aromatic nitrogens is 5. The highest BCUT2D eigenvalue weighted by Gasteiger charge is 2.34. The molecule has 3 aliphatic rings. The third kappa shape index (κ3) is 5.39. The summed E-state index contributed by atoms with van der Waals surface area (Å²) in [6.45, 7) is 3.84. The molecule has 0 unspecified atom stereocenters. The average molecular weight is 557 g/mol. The largest absolute Gasteiger partial charge is 0.507 e. The number of piperidine rings is 2. The molecule has 0 radical (unpaired) electrons. The second-order valence-corrected chi connectivity index (χ2v) is 11.3. The number of phenolic OH excluding ortho intramolecular Hbond substituents is 1. The minimum atomic E-state index is 0.164. The standard InChI is InChI=1S/C30H36N8O3/c31-30-29-26(18-25(34-35-29)24-3-1-2-4-27(24)39)38(36-30)19-8-13-37(14-9-19)20-5-12-33-28(15-20)41-23-16-22(17-23)40-21-6-10-32-11-7-21/h1-5,12,15,18-19,21-23,32,39H,6-11,13-14,16-17H2,(H2,31,36). The third-order valence-electron chi connectivity index (χ3n) is 8.56. The van der Waals surface area contributed by atoms with Crippen molar-refractivity contribution in [3.63, 3.8) is 0 Å². The summed E-state index contributed by atoms with van der Waals surface area (Å²) in [5, 5.41) is 27.0. The lowest BCUT2D eigenvalue weighted by Gasteiger charge is -2.38. The number of aromatic hydroxyl groups is 1. The Morgan fingerprint density at radius 1 is 0.927 bits per heavy atom. The molecule has 1 aliphatic carbocycles. The lowest BCUT2D eigenvalue weighted by atomic mass is 9.91. The number of fused-ring (bicyclic) bond motifs is 1. The van der Waals surface area contributed by atoms with Crippen LogP contribution in [0.5, 0.6) is 11.6 Å². The van der Waals surface area contributed by atoms with Crippen molar-refractivity contribution in [2.75, 3.05) is 36.8 Å². The summed E-state index contributed by atoms with van der Waals surface area (Å²) in [7, 11) is 0. The summed E-state index contributed by atoms with van der Waals surface area (Å²) >= 11 is 0. The van der Waals surface area contributed by atoms with E-state index in [1.54, 1.807) is 12.1 Å². The van der Waals surface area contributed by atoms with Crippen molar-refractivity contribution < 1.29 is 14.6 Å². The van der Waals surface area contributed by atoms with Crippen LogP contribution in [0.15, 0.2) is 48.7 Å². The van der Waals surface area contributed by atoms with Gasteiger partial charge >= 0.3 is 0 Å². The van der Waals surface area contributed by atoms with E-state index in [9.17, 15) is 5.11 Å². The monoisotopic (exact) mass is 556 g/mol. The Balaban J connectivity index is 0.982. The van der Waals surface area contributed by atoms with Crippen LogP contribution in [0, 0.1) is 0 Å². The molecule has 3 aromatic heterocycles. The molecule has 11 nitrogen and oxygen atoms in total. The van der Waals surface area contributed by atoms with E-state index in [0.717, 1.165) is 75.9 Å². The van der Waals surface area contributed by atoms with Gasteiger partial charge in [0.05, 0.1) is 29.5 Å². The smallest absolute Gasteiger partial charge is 0.215 e. The number of phenols is 1. The number of rotatable bonds is 7. The molecular weight excluding hydrogens is 520 g/mol. The highest BCUT2D eigenvalue weighted by molar-refractivity contribution is 5.87. The van der Waals surface area contributed by atoms with Crippen molar-refractivity contribution in [1.29, 1.82) is 0 Å². The number of hydrogen-bond donors (Lipinski definition) is 3. The molecule has 11 heteroatoms. The van der Waals surface area contributed by atoms with Crippen LogP contribution in [0.1, 0.15) is 44.6 Å². The first-order chi connectivity index (χ1) is 20.1. The van der Waals surface area contributed by atoms with Gasteiger partial charge in [0.15, 0.2) is 11.3 Å². The van der Waals surface area contributed by atoms with Crippen LogP contribution in [0.2, 0.25) is 0 Å². The lowest BCUT2D eigenvalue weighted by molar-refractivity contribution is -0.103. The van der Waals surface area contributed by atoms with Crippen molar-refractivity contribution in [3.05, 3.63) is 48.7 Å². The minimum absolute atomic E-state index is 0.164. The molecule has 0 atom stereocenters. The second kappa shape index (κ2) is 11.1. The van der Waals surface area contributed by atoms with E-state index in [1.165, 1.54) is 0 Å². The third-order valence-corrected chi connectivity index (χ3v) is 8.56. The molecule has 2 saturated heterocycles. The maximum Gasteiger partial charge on any atom is 0.215 e. The Bertz CT molecular complexity index is 1510. The predicted octanol–water partition coefficient (Wildman–Crippen LogP) is 3.70. The Labute approximate surface area is 238 Å². The Morgan fingerprint density at radius 3 is 2.54 bits per heavy atom. The van der Waals surface area contributed by atoms with E-state index in [0.29, 0.717) is 40.7 Å². The van der Waals surface area contributed by atoms with Crippen molar-refractivity contribution >= 4 is 22.5 Å². The number of pyridine rings is 1. The van der Waals surface area contributed by atoms with E-state index in [-0.39, 0.29) is 17.9 Å². The molecule has 4 N–H and O–H groups in total. The fourth-order valence-corrected chi connectivity index (χ4v) is 6.18. The Morgan fingerprint density at radius 2 is 1.73 bits per heavy atom. The zero-order chi connectivity index (χ0) is 27.8. The van der Waals surface area contributed by atoms with E-state index in [1.807, 2.05) is 35.1 Å². The van der Waals surface area contributed by atoms with Gasteiger partial charge in [0.1, 0.15) is 11.9 Å². The molecule has 5 heterocycles. The first-order valence-electron chi connectivity index (χ1n) is 14.6. The summed E-state index contributed by atoms with van der Waals surface area (Å²) in [4.78, 5) is 6.85. The van der Waals surface area contributed by atoms with Crippen LogP contribution < -0.4 is 20.7 Å². The van der Waals surface area contributed by atoms with Gasteiger partial charge in [-0.15, -0.1) is 10.2 Å². The van der Waals surface area contributed by atoms with E-state index < -0.39 is 0 Å². The van der Waals surface area contributed by atoms with Crippen LogP contribution in [0.25, 0.3) is 22.3 Å². The Kier molecular flexibility index (Phi) is 7.05. The van der Waals surface area contributed by atoms with Crippen molar-refractivity contribution in [2.45, 2.75) is 62.9 Å². The number of nitrogens with zero attached hydrogens (tertiary/aromatic N) is 6. The fraction of sp³-hybridized carbons (Fsp3) is 0.467. The highest BCUT2D eigenvalue weighted by atomic mass is 16.5. The van der Waals surface area contributed by atoms with Crippen molar-refractivity contribution in [1.82, 2.24) is 30.3 Å². The van der Waals surface area contributed by atoms with Gasteiger partial charge in [0.25, 0.3) is 0 Å². The van der Waals surface area contributed by atoms with Crippen molar-refractivity contribution in [3.8, 4) is 22.9 Å². The maximum atomic E-state index is 10.3. The highest BCUT2D eigenvalue weighted by Crippen LogP contribution is 2.35. The van der Waals surface area contributed by atoms with Gasteiger partial charge in [0.2, 0.25) is 5.88 Å². The van der Waals surface area contributed by atoms with E-state index >= 15 is 0 Å². The molecule has 4 aromatic rings. The first-order valence-corrected chi connectivity index (χ1v) is 14.6. The molecular formula is C30H36N8O3. The topological polar surface area (TPSA) is 136 Å². The normalized spacial score (nSPS) is 22.1. The number of hydrogen-bond acceptors (Lipinski definition) is 10. The fourth-order valence-electron chi connectivity index (χ4n) is 6.18. The summed E-state index contributed by atoms with van der Waals surface area (Å²) < 4.78 is 14.4. The molecule has 0 amide bonds. The van der Waals surface area contributed by atoms with Crippen LogP contribution in [-0.4, -0.2) is 74.6 Å². The SMILES string of the molecule is Nc1nn(C2CCN(c3ccnc(OC4CC(OC5CCNCC5)C4)c3)CC2)c2cc(-c3ccccc3O)nnc12. The summed E-state index contributed by atoms with van der Waals surface area (Å²) in [5.41, 5.74) is 9.98. The van der Waals surface area contributed by atoms with E-state index in [4.69, 9.17) is 15.2 Å². The number of para-hydroxylation sites is 1. The van der Waals surface area contributed by atoms with Gasteiger partial charge in [-0.3, -0.25) is 4.68 Å². The molecule has 2 aliphatic heterocycles. The zero-order valence-corrected chi connectivity index (χ0v) is 23.0. The van der Waals surface area contributed by atoms with E-state index in [2.05, 4.69) is 36.6 Å². The lowest BCUT2D eigenvalue weighted by Crippen LogP contribution is -2.43. The summed E-state index contributed by atoms with van der Waals surface area (Å²) in [6, 6.07) is 13.3. The number of nitrogens with two attached hydrogens (primary N) is 1. The maximum absolute atomic E-state index is 10.3. The van der Waals surface area contributed by atoms with Gasteiger partial charge in [0, 0.05) is 49.4 Å². The van der Waals surface area contributed by atoms with Crippen LogP contribution in [0.3, 0.4) is 0 Å². The molecule has 0 spiro atoms. The van der Waals surface area contributed by atoms with Crippen LogP contribution in [-0.2, 0) is 4.74 Å². The summed E-state index contributed by atoms with van der Waals surface area (Å²) in [6.07, 6.45) is 8.55. The van der Waals surface area contributed by atoms with Crippen molar-refractivity contribution in [2.24, 2.45) is 0 Å². The summed E-state index contributed by atoms with van der Waals surface area (Å²) in [5.74, 6) is 1.21. The minimum Gasteiger partial charge on any atom is -0.507 e. The molecule has 214 valence electrons. The van der Waals surface area contributed by atoms with Gasteiger partial charge in [-0.1, -0.05) is 12.1 Å². The second-order valence-electron chi connectivity index (χ2n) is 11.3. The Hall–Kier alpha value is -3.96. The van der Waals surface area contributed by atoms with Gasteiger partial charge in [-0.2, -0.15) is 5.10 Å². The van der Waals surface area contributed by atoms with Crippen LogP contribution >= 0.6 is 0 Å². The number of nitrogen functional groups attached to an aromatic ring is 1. The van der Waals surface area contributed by atoms with Gasteiger partial charge < -0.3 is 30.5 Å². The quantitative estimate of drug-likeness (QED) is 0.309. The zero-order valence-electron chi connectivity index (χ0n) is 23.0. The average Bonchev–Trinajstić information content (AvgIpc) is 3.32. The molecule has 0 bridgehead atoms. The molecule has 1 saturated carbocycles. The molecule has 41 heavy (non-hydrogen) atoms. The molecule has 7 rings (SSSR count). The van der Waals surface area contributed by atoms with Gasteiger partial charge in [-0.05, 0) is 63.0 Å². The predicted molar refractivity (Wildman–Crippen MR) is 156 cm³/mol.